The highest BCUT2D eigenvalue weighted by Crippen LogP contribution is 2.64. The summed E-state index contributed by atoms with van der Waals surface area (Å²) in [7, 11) is 0. The van der Waals surface area contributed by atoms with E-state index in [0.717, 1.165) is 37.5 Å². The van der Waals surface area contributed by atoms with Crippen LogP contribution in [0.15, 0.2) is 12.2 Å². The Labute approximate surface area is 136 Å². The van der Waals surface area contributed by atoms with Gasteiger partial charge in [0.25, 0.3) is 5.91 Å². The van der Waals surface area contributed by atoms with Gasteiger partial charge in [-0.3, -0.25) is 14.5 Å². The van der Waals surface area contributed by atoms with Crippen LogP contribution >= 0.6 is 0 Å². The van der Waals surface area contributed by atoms with E-state index in [0.29, 0.717) is 18.3 Å². The number of amides is 2. The molecule has 23 heavy (non-hydrogen) atoms. The molecule has 1 aliphatic heterocycles. The zero-order valence-corrected chi connectivity index (χ0v) is 13.5. The fourth-order valence-corrected chi connectivity index (χ4v) is 5.88. The number of carbonyl (C=O) groups excluding carboxylic acids is 3. The first-order valence-corrected chi connectivity index (χ1v) is 8.60. The Kier molecular flexibility index (Phi) is 3.19. The molecule has 1 heterocycles. The van der Waals surface area contributed by atoms with Crippen molar-refractivity contribution in [2.75, 3.05) is 6.61 Å². The lowest BCUT2D eigenvalue weighted by Gasteiger charge is -2.67. The van der Waals surface area contributed by atoms with E-state index in [1.165, 1.54) is 11.3 Å². The summed E-state index contributed by atoms with van der Waals surface area (Å²) < 4.78 is 4.97. The Hall–Kier alpha value is -1.65. The van der Waals surface area contributed by atoms with Crippen molar-refractivity contribution in [3.8, 4) is 0 Å². The van der Waals surface area contributed by atoms with Crippen molar-refractivity contribution in [2.24, 2.45) is 23.7 Å². The number of likely N-dealkylation sites (tertiary alicyclic amines) is 1. The molecule has 5 heteroatoms. The molecule has 2 amide bonds. The summed E-state index contributed by atoms with van der Waals surface area (Å²) in [6.07, 6.45) is 6.43. The molecule has 0 aromatic carbocycles. The Bertz CT molecular complexity index is 580. The van der Waals surface area contributed by atoms with Gasteiger partial charge in [-0.2, -0.15) is 0 Å². The molecule has 0 aromatic heterocycles. The van der Waals surface area contributed by atoms with Gasteiger partial charge in [0.15, 0.2) is 6.61 Å². The molecule has 5 aliphatic rings. The number of hydrogen-bond donors (Lipinski definition) is 0. The third-order valence-corrected chi connectivity index (χ3v) is 6.58. The minimum absolute atomic E-state index is 0.103. The summed E-state index contributed by atoms with van der Waals surface area (Å²) in [5.41, 5.74) is -0.00547. The lowest BCUT2D eigenvalue weighted by atomic mass is 9.45. The third-order valence-electron chi connectivity index (χ3n) is 6.58. The van der Waals surface area contributed by atoms with E-state index in [2.05, 4.69) is 6.58 Å². The summed E-state index contributed by atoms with van der Waals surface area (Å²) in [6.45, 7) is 4.69. The number of ether oxygens (including phenoxy) is 1. The van der Waals surface area contributed by atoms with Crippen molar-refractivity contribution in [1.82, 2.24) is 4.90 Å². The van der Waals surface area contributed by atoms with E-state index in [4.69, 9.17) is 4.74 Å². The zero-order chi connectivity index (χ0) is 16.4. The smallest absolute Gasteiger partial charge is 0.333 e. The fourth-order valence-electron chi connectivity index (χ4n) is 5.88. The highest BCUT2D eigenvalue weighted by Gasteiger charge is 2.67. The first-order chi connectivity index (χ1) is 10.9. The summed E-state index contributed by atoms with van der Waals surface area (Å²) in [6, 6.07) is 0. The molecule has 1 saturated heterocycles. The molecule has 124 valence electrons. The van der Waals surface area contributed by atoms with Crippen LogP contribution in [0.2, 0.25) is 0 Å². The first-order valence-electron chi connectivity index (χ1n) is 8.60. The van der Waals surface area contributed by atoms with Crippen molar-refractivity contribution >= 4 is 17.8 Å². The van der Waals surface area contributed by atoms with Gasteiger partial charge in [0, 0.05) is 5.57 Å². The second-order valence-corrected chi connectivity index (χ2v) is 7.95. The summed E-state index contributed by atoms with van der Waals surface area (Å²) in [5.74, 6) is 1.45. The Morgan fingerprint density at radius 3 is 2.22 bits per heavy atom. The SMILES string of the molecule is C=C(C)C(=O)OCC(=O)N1C(=O)CC12C1CC3CC(C1)CC2C3. The molecule has 4 aliphatic carbocycles. The van der Waals surface area contributed by atoms with Crippen LogP contribution in [0.25, 0.3) is 0 Å². The van der Waals surface area contributed by atoms with Crippen LogP contribution in [0.1, 0.15) is 45.4 Å². The van der Waals surface area contributed by atoms with Crippen LogP contribution in [-0.4, -0.2) is 34.8 Å². The van der Waals surface area contributed by atoms with Crippen LogP contribution < -0.4 is 0 Å². The number of β-lactam (4-membered cyclic amide) rings is 1. The maximum absolute atomic E-state index is 12.6. The Morgan fingerprint density at radius 2 is 1.74 bits per heavy atom. The topological polar surface area (TPSA) is 63.7 Å². The highest BCUT2D eigenvalue weighted by molar-refractivity contribution is 6.03. The quantitative estimate of drug-likeness (QED) is 0.454. The van der Waals surface area contributed by atoms with Crippen LogP contribution in [-0.2, 0) is 19.1 Å². The molecule has 0 atom stereocenters. The van der Waals surface area contributed by atoms with Crippen molar-refractivity contribution in [3.05, 3.63) is 12.2 Å². The number of carbonyl (C=O) groups is 3. The number of esters is 1. The minimum atomic E-state index is -0.578. The lowest BCUT2D eigenvalue weighted by Crippen LogP contribution is -2.76. The van der Waals surface area contributed by atoms with Gasteiger partial charge >= 0.3 is 5.97 Å². The third kappa shape index (κ3) is 2.01. The van der Waals surface area contributed by atoms with Gasteiger partial charge < -0.3 is 4.74 Å². The summed E-state index contributed by atoms with van der Waals surface area (Å²) >= 11 is 0. The van der Waals surface area contributed by atoms with Crippen LogP contribution in [0.5, 0.6) is 0 Å². The van der Waals surface area contributed by atoms with E-state index in [1.54, 1.807) is 6.92 Å². The van der Waals surface area contributed by atoms with Crippen molar-refractivity contribution in [2.45, 2.75) is 51.0 Å². The predicted octanol–water partition coefficient (Wildman–Crippen LogP) is 2.06. The molecule has 4 saturated carbocycles. The minimum Gasteiger partial charge on any atom is -0.452 e. The van der Waals surface area contributed by atoms with Gasteiger partial charge in [-0.1, -0.05) is 6.58 Å². The Morgan fingerprint density at radius 1 is 1.17 bits per heavy atom. The van der Waals surface area contributed by atoms with Gasteiger partial charge in [0.1, 0.15) is 0 Å². The highest BCUT2D eigenvalue weighted by atomic mass is 16.5. The average Bonchev–Trinajstić information content (AvgIpc) is 2.47. The monoisotopic (exact) mass is 317 g/mol. The maximum Gasteiger partial charge on any atom is 0.333 e. The normalized spacial score (nSPS) is 40.2. The van der Waals surface area contributed by atoms with E-state index < -0.39 is 5.97 Å². The average molecular weight is 317 g/mol. The Balaban J connectivity index is 1.52. The van der Waals surface area contributed by atoms with E-state index in [-0.39, 0.29) is 29.5 Å². The zero-order valence-electron chi connectivity index (χ0n) is 13.5. The molecule has 0 unspecified atom stereocenters. The molecule has 5 nitrogen and oxygen atoms in total. The van der Waals surface area contributed by atoms with E-state index in [1.807, 2.05) is 0 Å². The molecule has 4 bridgehead atoms. The van der Waals surface area contributed by atoms with Crippen molar-refractivity contribution in [3.63, 3.8) is 0 Å². The van der Waals surface area contributed by atoms with E-state index >= 15 is 0 Å². The van der Waals surface area contributed by atoms with Crippen molar-refractivity contribution in [1.29, 1.82) is 0 Å². The fraction of sp³-hybridized carbons (Fsp3) is 0.722. The number of imide groups is 1. The number of hydrogen-bond acceptors (Lipinski definition) is 4. The van der Waals surface area contributed by atoms with Crippen LogP contribution in [0, 0.1) is 23.7 Å². The summed E-state index contributed by atoms with van der Waals surface area (Å²) in [4.78, 5) is 37.7. The lowest BCUT2D eigenvalue weighted by molar-refractivity contribution is -0.205. The molecular weight excluding hydrogens is 294 g/mol. The molecule has 5 fully saturated rings. The molecule has 5 rings (SSSR count). The number of rotatable bonds is 3. The van der Waals surface area contributed by atoms with E-state index in [9.17, 15) is 14.4 Å². The van der Waals surface area contributed by atoms with Gasteiger partial charge in [0.05, 0.1) is 12.0 Å². The second kappa shape index (κ2) is 4.92. The molecule has 0 radical (unpaired) electrons. The molecule has 0 N–H and O–H groups in total. The van der Waals surface area contributed by atoms with Gasteiger partial charge in [0.2, 0.25) is 5.91 Å². The first kappa shape index (κ1) is 14.9. The van der Waals surface area contributed by atoms with Gasteiger partial charge in [-0.25, -0.2) is 4.79 Å². The molecule has 0 aromatic rings. The standard InChI is InChI=1S/C18H23NO4/c1-10(2)17(22)23-9-16(21)19-15(20)8-18(19)13-4-11-3-12(6-13)7-14(18)5-11/h11-14H,1,3-9H2,2H3. The van der Waals surface area contributed by atoms with Crippen molar-refractivity contribution < 1.29 is 19.1 Å². The van der Waals surface area contributed by atoms with Gasteiger partial charge in [-0.15, -0.1) is 0 Å². The predicted molar refractivity (Wildman–Crippen MR) is 82.0 cm³/mol. The largest absolute Gasteiger partial charge is 0.452 e. The second-order valence-electron chi connectivity index (χ2n) is 7.95. The maximum atomic E-state index is 12.6. The van der Waals surface area contributed by atoms with Gasteiger partial charge in [-0.05, 0) is 62.7 Å². The molecular formula is C18H23NO4. The summed E-state index contributed by atoms with van der Waals surface area (Å²) in [5, 5.41) is 0. The van der Waals surface area contributed by atoms with Crippen LogP contribution in [0.4, 0.5) is 0 Å². The van der Waals surface area contributed by atoms with Crippen LogP contribution in [0.3, 0.4) is 0 Å². The number of nitrogens with zero attached hydrogens (tertiary/aromatic N) is 1. The molecule has 1 spiro atoms.